The Hall–Kier alpha value is -3.66. The Bertz CT molecular complexity index is 1630. The summed E-state index contributed by atoms with van der Waals surface area (Å²) in [6.07, 6.45) is 1.58. The fraction of sp³-hybridized carbons (Fsp3) is 0.258. The Kier molecular flexibility index (Phi) is 5.82. The highest BCUT2D eigenvalue weighted by atomic mass is 32.2. The lowest BCUT2D eigenvalue weighted by Crippen LogP contribution is -2.62. The van der Waals surface area contributed by atoms with E-state index in [1.165, 1.54) is 11.8 Å². The minimum absolute atomic E-state index is 0.130. The van der Waals surface area contributed by atoms with Crippen LogP contribution in [0, 0.1) is 6.92 Å². The summed E-state index contributed by atoms with van der Waals surface area (Å²) in [6, 6.07) is 25.2. The lowest BCUT2D eigenvalue weighted by Gasteiger charge is -2.42. The summed E-state index contributed by atoms with van der Waals surface area (Å²) in [5.74, 6) is 1.31. The second-order valence-electron chi connectivity index (χ2n) is 10.6. The van der Waals surface area contributed by atoms with Crippen LogP contribution < -0.4 is 4.90 Å². The molecule has 0 aliphatic carbocycles. The van der Waals surface area contributed by atoms with E-state index < -0.39 is 16.2 Å². The first kappa shape index (κ1) is 25.3. The van der Waals surface area contributed by atoms with Gasteiger partial charge in [-0.3, -0.25) is 19.4 Å². The molecule has 3 atom stereocenters. The molecular formula is C31H27N3O4S2. The molecule has 0 radical (unpaired) electrons. The first-order chi connectivity index (χ1) is 19.4. The number of benzene rings is 2. The maximum Gasteiger partial charge on any atom is 0.254 e. The van der Waals surface area contributed by atoms with Gasteiger partial charge in [0.25, 0.3) is 5.91 Å². The Labute approximate surface area is 241 Å². The predicted molar refractivity (Wildman–Crippen MR) is 157 cm³/mol. The van der Waals surface area contributed by atoms with E-state index in [9.17, 15) is 4.79 Å². The summed E-state index contributed by atoms with van der Waals surface area (Å²) in [7, 11) is 1.93. The van der Waals surface area contributed by atoms with Gasteiger partial charge in [-0.05, 0) is 49.9 Å². The van der Waals surface area contributed by atoms with E-state index in [4.69, 9.17) is 21.1 Å². The van der Waals surface area contributed by atoms with Gasteiger partial charge in [-0.25, -0.2) is 0 Å². The molecular weight excluding hydrogens is 542 g/mol. The smallest absolute Gasteiger partial charge is 0.254 e. The van der Waals surface area contributed by atoms with E-state index in [2.05, 4.69) is 0 Å². The number of hydrogen-bond acceptors (Lipinski definition) is 7. The second-order valence-corrected chi connectivity index (χ2v) is 12.4. The summed E-state index contributed by atoms with van der Waals surface area (Å²) in [6.45, 7) is 2.93. The van der Waals surface area contributed by atoms with Crippen LogP contribution in [0.3, 0.4) is 0 Å². The zero-order valence-corrected chi connectivity index (χ0v) is 23.7. The average Bonchev–Trinajstić information content (AvgIpc) is 3.76. The van der Waals surface area contributed by atoms with Crippen molar-refractivity contribution in [3.05, 3.63) is 114 Å². The molecule has 2 saturated heterocycles. The lowest BCUT2D eigenvalue weighted by molar-refractivity contribution is -0.139. The number of rotatable bonds is 5. The van der Waals surface area contributed by atoms with Crippen LogP contribution in [-0.4, -0.2) is 44.3 Å². The van der Waals surface area contributed by atoms with Crippen LogP contribution in [0.15, 0.2) is 94.0 Å². The number of likely N-dealkylation sites (N-methyl/N-ethyl adjacent to an activating group) is 1. The van der Waals surface area contributed by atoms with Crippen molar-refractivity contribution < 1.29 is 18.4 Å². The van der Waals surface area contributed by atoms with Crippen molar-refractivity contribution in [1.29, 1.82) is 0 Å². The number of aryl methyl sites for hydroxylation is 1. The maximum atomic E-state index is 15.0. The largest absolute Gasteiger partial charge is 0.467 e. The topological polar surface area (TPSA) is 70.1 Å². The molecule has 4 aromatic rings. The van der Waals surface area contributed by atoms with Gasteiger partial charge in [0.15, 0.2) is 5.54 Å². The number of fused-ring (bicyclic) bond motifs is 3. The molecule has 2 amide bonds. The standard InChI is InChI=1S/C31H27N3O4S2/c1-20-14-15-26(38-20)24-19-32(2)30(31(24)28(36)34(29(39)40-31)18-22-11-8-16-37-22)23-12-6-7-13-25(23)33(27(30)35)17-21-9-4-3-5-10-21/h3-16,24H,17-19H2,1-2H3. The van der Waals surface area contributed by atoms with Crippen molar-refractivity contribution >= 4 is 45.8 Å². The van der Waals surface area contributed by atoms with Gasteiger partial charge < -0.3 is 13.7 Å². The van der Waals surface area contributed by atoms with Gasteiger partial charge in [0, 0.05) is 17.8 Å². The first-order valence-corrected chi connectivity index (χ1v) is 14.4. The van der Waals surface area contributed by atoms with Gasteiger partial charge in [0.05, 0.1) is 25.3 Å². The third kappa shape index (κ3) is 3.31. The predicted octanol–water partition coefficient (Wildman–Crippen LogP) is 5.45. The van der Waals surface area contributed by atoms with Crippen molar-refractivity contribution in [2.45, 2.75) is 36.2 Å². The van der Waals surface area contributed by atoms with Crippen molar-refractivity contribution in [1.82, 2.24) is 9.80 Å². The van der Waals surface area contributed by atoms with E-state index >= 15 is 4.79 Å². The van der Waals surface area contributed by atoms with Crippen molar-refractivity contribution in [3.63, 3.8) is 0 Å². The van der Waals surface area contributed by atoms with Gasteiger partial charge in [-0.15, -0.1) is 0 Å². The van der Waals surface area contributed by atoms with Crippen LogP contribution in [0.2, 0.25) is 0 Å². The number of hydrogen-bond donors (Lipinski definition) is 0. The van der Waals surface area contributed by atoms with E-state index in [1.807, 2.05) is 96.6 Å². The highest BCUT2D eigenvalue weighted by Gasteiger charge is 2.79. The molecule has 3 unspecified atom stereocenters. The molecule has 2 spiro atoms. The number of nitrogens with zero attached hydrogens (tertiary/aromatic N) is 3. The molecule has 0 bridgehead atoms. The zero-order valence-electron chi connectivity index (χ0n) is 22.1. The Balaban J connectivity index is 1.44. The second kappa shape index (κ2) is 9.19. The highest BCUT2D eigenvalue weighted by Crippen LogP contribution is 2.67. The van der Waals surface area contributed by atoms with Gasteiger partial charge >= 0.3 is 0 Å². The zero-order chi connectivity index (χ0) is 27.6. The van der Waals surface area contributed by atoms with Crippen molar-refractivity contribution in [3.8, 4) is 0 Å². The lowest BCUT2D eigenvalue weighted by atomic mass is 9.73. The fourth-order valence-corrected chi connectivity index (χ4v) is 8.86. The number of anilines is 1. The van der Waals surface area contributed by atoms with Crippen LogP contribution in [0.5, 0.6) is 0 Å². The summed E-state index contributed by atoms with van der Waals surface area (Å²) in [4.78, 5) is 35.4. The summed E-state index contributed by atoms with van der Waals surface area (Å²) >= 11 is 7.21. The number of furan rings is 2. The Morgan fingerprint density at radius 2 is 1.70 bits per heavy atom. The van der Waals surface area contributed by atoms with E-state index in [-0.39, 0.29) is 18.4 Å². The van der Waals surface area contributed by atoms with Crippen LogP contribution in [0.4, 0.5) is 5.69 Å². The first-order valence-electron chi connectivity index (χ1n) is 13.2. The van der Waals surface area contributed by atoms with Gasteiger partial charge in [-0.2, -0.15) is 0 Å². The average molecular weight is 570 g/mol. The Morgan fingerprint density at radius 1 is 0.925 bits per heavy atom. The Morgan fingerprint density at radius 3 is 2.42 bits per heavy atom. The molecule has 40 heavy (non-hydrogen) atoms. The maximum absolute atomic E-state index is 15.0. The monoisotopic (exact) mass is 569 g/mol. The number of thiocarbonyl (C=S) groups is 1. The van der Waals surface area contributed by atoms with E-state index in [0.717, 1.165) is 22.6 Å². The van der Waals surface area contributed by atoms with Crippen molar-refractivity contribution in [2.75, 3.05) is 18.5 Å². The van der Waals surface area contributed by atoms with Crippen LogP contribution in [0.25, 0.3) is 0 Å². The molecule has 5 heterocycles. The molecule has 7 rings (SSSR count). The van der Waals surface area contributed by atoms with Gasteiger partial charge in [0.1, 0.15) is 26.3 Å². The van der Waals surface area contributed by atoms with E-state index in [1.54, 1.807) is 17.2 Å². The molecule has 2 aromatic carbocycles. The minimum Gasteiger partial charge on any atom is -0.467 e. The van der Waals surface area contributed by atoms with Crippen LogP contribution in [-0.2, 0) is 28.2 Å². The minimum atomic E-state index is -1.30. The van der Waals surface area contributed by atoms with Crippen LogP contribution >= 0.6 is 24.0 Å². The van der Waals surface area contributed by atoms with Gasteiger partial charge in [-0.1, -0.05) is 72.5 Å². The number of thioether (sulfide) groups is 1. The molecule has 0 N–H and O–H groups in total. The number of amides is 2. The van der Waals surface area contributed by atoms with Crippen LogP contribution in [0.1, 0.15) is 34.3 Å². The van der Waals surface area contributed by atoms with E-state index in [0.29, 0.717) is 28.9 Å². The molecule has 202 valence electrons. The molecule has 2 fully saturated rings. The third-order valence-corrected chi connectivity index (χ3v) is 10.4. The van der Waals surface area contributed by atoms with Crippen molar-refractivity contribution in [2.24, 2.45) is 0 Å². The molecule has 2 aromatic heterocycles. The number of para-hydroxylation sites is 1. The molecule has 3 aliphatic rings. The SMILES string of the molecule is Cc1ccc(C2CN(C)C3(C(=O)N(Cc4ccccc4)c4ccccc43)C23SC(=S)N(Cc2ccco2)C3=O)o1. The summed E-state index contributed by atoms with van der Waals surface area (Å²) < 4.78 is 10.9. The third-order valence-electron chi connectivity index (χ3n) is 8.41. The summed E-state index contributed by atoms with van der Waals surface area (Å²) in [5.41, 5.74) is 1.33. The summed E-state index contributed by atoms with van der Waals surface area (Å²) in [5, 5.41) is 0. The highest BCUT2D eigenvalue weighted by molar-refractivity contribution is 8.25. The van der Waals surface area contributed by atoms with Gasteiger partial charge in [0.2, 0.25) is 5.91 Å². The molecule has 7 nitrogen and oxygen atoms in total. The quantitative estimate of drug-likeness (QED) is 0.296. The number of likely N-dealkylation sites (tertiary alicyclic amines) is 1. The normalized spacial score (nSPS) is 26.1. The molecule has 9 heteroatoms. The molecule has 0 saturated carbocycles. The number of carbonyl (C=O) groups excluding carboxylic acids is 2. The number of carbonyl (C=O) groups is 2. The fourth-order valence-electron chi connectivity index (χ4n) is 6.76. The molecule has 3 aliphatic heterocycles.